The fourth-order valence-corrected chi connectivity index (χ4v) is 9.26. The van der Waals surface area contributed by atoms with Crippen LogP contribution in [0.3, 0.4) is 0 Å². The summed E-state index contributed by atoms with van der Waals surface area (Å²) in [4.78, 5) is 5.35. The van der Waals surface area contributed by atoms with Gasteiger partial charge in [0.2, 0.25) is 0 Å². The molecule has 0 saturated heterocycles. The lowest BCUT2D eigenvalue weighted by molar-refractivity contribution is 1.01. The Hall–Kier alpha value is -6.17. The van der Waals surface area contributed by atoms with Gasteiger partial charge in [0, 0.05) is 47.4 Å². The van der Waals surface area contributed by atoms with Gasteiger partial charge in [-0.2, -0.15) is 0 Å². The van der Waals surface area contributed by atoms with Crippen LogP contribution in [0.15, 0.2) is 152 Å². The Bertz CT molecular complexity index is 2960. The topological polar surface area (TPSA) is 36.9 Å². The molecule has 6 aromatic carbocycles. The third kappa shape index (κ3) is 3.76. The number of fused-ring (bicyclic) bond motifs is 13. The van der Waals surface area contributed by atoms with Crippen LogP contribution in [0, 0.1) is 0 Å². The molecule has 11 rings (SSSR count). The Balaban J connectivity index is 1.31. The summed E-state index contributed by atoms with van der Waals surface area (Å²) < 4.78 is 7.47. The molecule has 1 atom stereocenters. The zero-order valence-electron chi connectivity index (χ0n) is 26.3. The van der Waals surface area contributed by atoms with Crippen LogP contribution in [0.5, 0.6) is 0 Å². The van der Waals surface area contributed by atoms with Crippen molar-refractivity contribution in [1.29, 1.82) is 0 Å². The van der Waals surface area contributed by atoms with Crippen molar-refractivity contribution >= 4 is 86.9 Å². The molecule has 1 aliphatic rings. The van der Waals surface area contributed by atoms with E-state index in [0.717, 1.165) is 28.4 Å². The maximum absolute atomic E-state index is 5.35. The van der Waals surface area contributed by atoms with E-state index in [1.807, 2.05) is 17.4 Å². The van der Waals surface area contributed by atoms with Gasteiger partial charge >= 0.3 is 0 Å². The Morgan fingerprint density at radius 2 is 1.18 bits per heavy atom. The van der Waals surface area contributed by atoms with Gasteiger partial charge < -0.3 is 9.88 Å². The molecule has 0 aliphatic carbocycles. The summed E-state index contributed by atoms with van der Waals surface area (Å²) in [6, 6.07) is 52.1. The lowest BCUT2D eigenvalue weighted by Gasteiger charge is -2.35. The largest absolute Gasteiger partial charge is 0.673 e. The number of hydrogen-bond acceptors (Lipinski definition) is 2. The molecule has 5 heterocycles. The summed E-state index contributed by atoms with van der Waals surface area (Å²) >= 11 is 1.89. The molecule has 0 amide bonds. The Morgan fingerprint density at radius 1 is 0.551 bits per heavy atom. The van der Waals surface area contributed by atoms with E-state index in [1.165, 1.54) is 63.8 Å². The first kappa shape index (κ1) is 26.9. The number of para-hydroxylation sites is 3. The predicted octanol–water partition coefficient (Wildman–Crippen LogP) is 12.4. The van der Waals surface area contributed by atoms with Gasteiger partial charge in [-0.05, 0) is 42.5 Å². The number of benzene rings is 6. The van der Waals surface area contributed by atoms with Crippen molar-refractivity contribution in [1.82, 2.24) is 14.1 Å². The van der Waals surface area contributed by atoms with Crippen molar-refractivity contribution in [2.24, 2.45) is 0 Å². The third-order valence-corrected chi connectivity index (χ3v) is 11.2. The van der Waals surface area contributed by atoms with Crippen molar-refractivity contribution < 1.29 is 0 Å². The highest BCUT2D eigenvalue weighted by Crippen LogP contribution is 2.51. The first-order valence-corrected chi connectivity index (χ1v) is 17.5. The predicted molar refractivity (Wildman–Crippen MR) is 207 cm³/mol. The van der Waals surface area contributed by atoms with E-state index in [-0.39, 0.29) is 6.04 Å². The molecule has 0 radical (unpaired) electrons. The number of rotatable bonds is 3. The van der Waals surface area contributed by atoms with Gasteiger partial charge in [0.15, 0.2) is 0 Å². The highest BCUT2D eigenvalue weighted by molar-refractivity contribution is 7.27. The second-order valence-electron chi connectivity index (χ2n) is 12.7. The molecule has 0 fully saturated rings. The molecule has 0 bridgehead atoms. The molecular formula is C44H27N4S-. The zero-order valence-corrected chi connectivity index (χ0v) is 27.1. The third-order valence-electron chi connectivity index (χ3n) is 10.0. The van der Waals surface area contributed by atoms with Crippen LogP contribution in [0.1, 0.15) is 17.3 Å². The summed E-state index contributed by atoms with van der Waals surface area (Å²) in [7, 11) is 0. The Labute approximate surface area is 285 Å². The quantitative estimate of drug-likeness (QED) is 0.189. The second kappa shape index (κ2) is 10.2. The summed E-state index contributed by atoms with van der Waals surface area (Å²) in [5.41, 5.74) is 8.81. The minimum Gasteiger partial charge on any atom is -0.673 e. The summed E-state index contributed by atoms with van der Waals surface area (Å²) in [6.07, 6.45) is 4.30. The molecule has 0 N–H and O–H groups in total. The highest BCUT2D eigenvalue weighted by Gasteiger charge is 2.27. The van der Waals surface area contributed by atoms with Crippen LogP contribution in [0.4, 0.5) is 5.69 Å². The van der Waals surface area contributed by atoms with Crippen molar-refractivity contribution in [2.75, 3.05) is 0 Å². The Kier molecular flexibility index (Phi) is 5.57. The molecule has 49 heavy (non-hydrogen) atoms. The lowest BCUT2D eigenvalue weighted by Crippen LogP contribution is -2.04. The first-order chi connectivity index (χ1) is 24.3. The fraction of sp³-hybridized carbons (Fsp3) is 0.0227. The van der Waals surface area contributed by atoms with Crippen LogP contribution in [0.2, 0.25) is 0 Å². The van der Waals surface area contributed by atoms with Gasteiger partial charge in [0.25, 0.3) is 0 Å². The van der Waals surface area contributed by atoms with Gasteiger partial charge in [-0.1, -0.05) is 127 Å². The molecule has 0 saturated carbocycles. The van der Waals surface area contributed by atoms with Gasteiger partial charge in [-0.3, -0.25) is 4.57 Å². The highest BCUT2D eigenvalue weighted by atomic mass is 32.1. The number of aromatic nitrogens is 3. The van der Waals surface area contributed by atoms with Crippen molar-refractivity contribution in [3.63, 3.8) is 0 Å². The molecule has 5 heteroatoms. The molecule has 4 aromatic heterocycles. The van der Waals surface area contributed by atoms with Crippen LogP contribution < -0.4 is 0 Å². The maximum Gasteiger partial charge on any atom is 0.138 e. The van der Waals surface area contributed by atoms with Gasteiger partial charge in [-0.15, -0.1) is 17.0 Å². The number of nitrogens with zero attached hydrogens (tertiary/aromatic N) is 4. The number of pyridine rings is 1. The molecule has 230 valence electrons. The second-order valence-corrected chi connectivity index (χ2v) is 13.8. The van der Waals surface area contributed by atoms with E-state index in [4.69, 9.17) is 10.3 Å². The molecule has 10 aromatic rings. The molecule has 4 nitrogen and oxygen atoms in total. The maximum atomic E-state index is 5.35. The molecular weight excluding hydrogens is 617 g/mol. The normalized spacial score (nSPS) is 14.4. The molecule has 1 unspecified atom stereocenters. The minimum atomic E-state index is -0.0166. The van der Waals surface area contributed by atoms with Crippen molar-refractivity contribution in [3.8, 4) is 11.5 Å². The minimum absolute atomic E-state index is 0.0166. The Morgan fingerprint density at radius 3 is 1.98 bits per heavy atom. The molecule has 1 aliphatic heterocycles. The summed E-state index contributed by atoms with van der Waals surface area (Å²) in [6.45, 7) is 0. The summed E-state index contributed by atoms with van der Waals surface area (Å²) in [5.74, 6) is 0.884. The SMILES string of the molecule is C1=CC(c2ccccc2)[N-]c2ccc(-n3c4ccccc4c4c5sc6ccccc6c5c5c6ccccc6n(-c6ccccc6)c5c43)nc21. The van der Waals surface area contributed by atoms with Gasteiger partial charge in [0.05, 0.1) is 27.8 Å². The number of thiophene rings is 1. The molecule has 0 spiro atoms. The van der Waals surface area contributed by atoms with E-state index in [0.29, 0.717) is 0 Å². The van der Waals surface area contributed by atoms with Crippen LogP contribution >= 0.6 is 11.3 Å². The van der Waals surface area contributed by atoms with Crippen LogP contribution in [-0.2, 0) is 0 Å². The van der Waals surface area contributed by atoms with E-state index in [9.17, 15) is 0 Å². The van der Waals surface area contributed by atoms with Crippen molar-refractivity contribution in [2.45, 2.75) is 6.04 Å². The van der Waals surface area contributed by atoms with E-state index in [2.05, 4.69) is 161 Å². The standard InChI is InChI=1S/C44H27N4S/c1-3-13-27(14-4-1)32-23-24-34-33(45-32)25-26-38(46-34)48-36-21-11-8-18-30(36)41-43(48)42-39(40-31-19-9-12-22-37(31)49-44(40)41)29-17-7-10-20-35(29)47(42)28-15-5-2-6-16-28/h1-26,32H/q-1. The van der Waals surface area contributed by atoms with E-state index in [1.54, 1.807) is 0 Å². The van der Waals surface area contributed by atoms with E-state index < -0.39 is 0 Å². The zero-order chi connectivity index (χ0) is 32.1. The van der Waals surface area contributed by atoms with Crippen molar-refractivity contribution in [3.05, 3.63) is 168 Å². The van der Waals surface area contributed by atoms with Crippen LogP contribution in [-0.4, -0.2) is 14.1 Å². The smallest absolute Gasteiger partial charge is 0.138 e. The first-order valence-electron chi connectivity index (χ1n) is 16.6. The average Bonchev–Trinajstić information content (AvgIpc) is 3.83. The number of hydrogen-bond donors (Lipinski definition) is 0. The van der Waals surface area contributed by atoms with Crippen LogP contribution in [0.25, 0.3) is 86.7 Å². The average molecular weight is 644 g/mol. The monoisotopic (exact) mass is 643 g/mol. The lowest BCUT2D eigenvalue weighted by atomic mass is 10.0. The fourth-order valence-electron chi connectivity index (χ4n) is 7.99. The van der Waals surface area contributed by atoms with E-state index >= 15 is 0 Å². The van der Waals surface area contributed by atoms with Gasteiger partial charge in [0.1, 0.15) is 5.82 Å². The van der Waals surface area contributed by atoms with Gasteiger partial charge in [-0.25, -0.2) is 4.98 Å². The summed E-state index contributed by atoms with van der Waals surface area (Å²) in [5, 5.41) is 12.7.